The van der Waals surface area contributed by atoms with Crippen LogP contribution in [0.2, 0.25) is 5.02 Å². The molecule has 0 amide bonds. The van der Waals surface area contributed by atoms with Crippen LogP contribution < -0.4 is 5.32 Å². The van der Waals surface area contributed by atoms with Crippen molar-refractivity contribution in [3.63, 3.8) is 0 Å². The second-order valence-corrected chi connectivity index (χ2v) is 5.54. The third kappa shape index (κ3) is 5.41. The second kappa shape index (κ2) is 8.55. The maximum absolute atomic E-state index is 5.95. The maximum atomic E-state index is 5.95. The number of benzene rings is 1. The van der Waals surface area contributed by atoms with Gasteiger partial charge in [0.15, 0.2) is 0 Å². The van der Waals surface area contributed by atoms with Crippen molar-refractivity contribution in [2.45, 2.75) is 65.0 Å². The Morgan fingerprint density at radius 1 is 1.06 bits per heavy atom. The highest BCUT2D eigenvalue weighted by atomic mass is 35.5. The van der Waals surface area contributed by atoms with Gasteiger partial charge in [-0.3, -0.25) is 0 Å². The van der Waals surface area contributed by atoms with Crippen molar-refractivity contribution in [3.8, 4) is 0 Å². The van der Waals surface area contributed by atoms with Crippen molar-refractivity contribution in [1.82, 2.24) is 5.32 Å². The topological polar surface area (TPSA) is 12.0 Å². The zero-order valence-corrected chi connectivity index (χ0v) is 12.6. The summed E-state index contributed by atoms with van der Waals surface area (Å²) in [5, 5.41) is 4.56. The summed E-state index contributed by atoms with van der Waals surface area (Å²) in [6.07, 6.45) is 6.20. The highest BCUT2D eigenvalue weighted by Crippen LogP contribution is 2.21. The number of halogens is 1. The van der Waals surface area contributed by atoms with Gasteiger partial charge in [0.2, 0.25) is 0 Å². The first-order valence-corrected chi connectivity index (χ1v) is 7.56. The highest BCUT2D eigenvalue weighted by molar-refractivity contribution is 6.30. The summed E-state index contributed by atoms with van der Waals surface area (Å²) in [4.78, 5) is 0. The zero-order valence-electron chi connectivity index (χ0n) is 11.9. The van der Waals surface area contributed by atoms with Gasteiger partial charge in [-0.2, -0.15) is 0 Å². The quantitative estimate of drug-likeness (QED) is 0.669. The minimum absolute atomic E-state index is 0.458. The van der Waals surface area contributed by atoms with E-state index >= 15 is 0 Å². The fraction of sp³-hybridized carbons (Fsp3) is 0.625. The lowest BCUT2D eigenvalue weighted by Gasteiger charge is -2.23. The lowest BCUT2D eigenvalue weighted by atomic mass is 10.0. The maximum Gasteiger partial charge on any atom is 0.0406 e. The SMILES string of the molecule is CCCCC(C)NC(CCC)c1ccc(Cl)cc1. The molecule has 0 spiro atoms. The van der Waals surface area contributed by atoms with Gasteiger partial charge < -0.3 is 5.32 Å². The van der Waals surface area contributed by atoms with Crippen LogP contribution in [0.1, 0.15) is 64.5 Å². The molecule has 0 aliphatic rings. The summed E-state index contributed by atoms with van der Waals surface area (Å²) < 4.78 is 0. The van der Waals surface area contributed by atoms with Gasteiger partial charge in [-0.25, -0.2) is 0 Å². The van der Waals surface area contributed by atoms with Gasteiger partial charge in [0.05, 0.1) is 0 Å². The average molecular weight is 268 g/mol. The van der Waals surface area contributed by atoms with E-state index in [1.54, 1.807) is 0 Å². The molecule has 2 heteroatoms. The summed E-state index contributed by atoms with van der Waals surface area (Å²) in [5.74, 6) is 0. The van der Waals surface area contributed by atoms with Crippen LogP contribution in [0.25, 0.3) is 0 Å². The molecule has 18 heavy (non-hydrogen) atoms. The first-order valence-electron chi connectivity index (χ1n) is 7.18. The van der Waals surface area contributed by atoms with Crippen LogP contribution in [-0.4, -0.2) is 6.04 Å². The summed E-state index contributed by atoms with van der Waals surface area (Å²) in [6, 6.07) is 9.29. The van der Waals surface area contributed by atoms with E-state index in [1.807, 2.05) is 12.1 Å². The molecule has 0 bridgehead atoms. The fourth-order valence-electron chi connectivity index (χ4n) is 2.27. The summed E-state index contributed by atoms with van der Waals surface area (Å²) in [5.41, 5.74) is 1.35. The van der Waals surface area contributed by atoms with Crippen LogP contribution in [0, 0.1) is 0 Å². The van der Waals surface area contributed by atoms with E-state index < -0.39 is 0 Å². The minimum Gasteiger partial charge on any atom is -0.307 e. The molecular weight excluding hydrogens is 242 g/mol. The molecule has 0 saturated carbocycles. The van der Waals surface area contributed by atoms with Crippen LogP contribution in [0.15, 0.2) is 24.3 Å². The van der Waals surface area contributed by atoms with Crippen molar-refractivity contribution in [3.05, 3.63) is 34.9 Å². The van der Waals surface area contributed by atoms with E-state index in [-0.39, 0.29) is 0 Å². The van der Waals surface area contributed by atoms with Gasteiger partial charge in [0.25, 0.3) is 0 Å². The van der Waals surface area contributed by atoms with Gasteiger partial charge in [-0.05, 0) is 37.5 Å². The molecule has 0 heterocycles. The van der Waals surface area contributed by atoms with Gasteiger partial charge in [-0.1, -0.05) is 56.8 Å². The minimum atomic E-state index is 0.458. The average Bonchev–Trinajstić information content (AvgIpc) is 2.37. The molecule has 0 saturated heterocycles. The summed E-state index contributed by atoms with van der Waals surface area (Å²) in [7, 11) is 0. The number of unbranched alkanes of at least 4 members (excludes halogenated alkanes) is 1. The Kier molecular flexibility index (Phi) is 7.38. The molecule has 0 aliphatic carbocycles. The zero-order chi connectivity index (χ0) is 13.4. The largest absolute Gasteiger partial charge is 0.307 e. The molecule has 1 nitrogen and oxygen atoms in total. The van der Waals surface area contributed by atoms with Crippen LogP contribution in [0.5, 0.6) is 0 Å². The molecule has 1 N–H and O–H groups in total. The van der Waals surface area contributed by atoms with E-state index in [0.29, 0.717) is 12.1 Å². The van der Waals surface area contributed by atoms with Crippen molar-refractivity contribution in [1.29, 1.82) is 0 Å². The molecule has 1 aromatic rings. The Morgan fingerprint density at radius 3 is 2.28 bits per heavy atom. The number of hydrogen-bond donors (Lipinski definition) is 1. The fourth-order valence-corrected chi connectivity index (χ4v) is 2.39. The van der Waals surface area contributed by atoms with Gasteiger partial charge in [0, 0.05) is 17.1 Å². The van der Waals surface area contributed by atoms with Gasteiger partial charge in [0.1, 0.15) is 0 Å². The molecule has 0 radical (unpaired) electrons. The first-order chi connectivity index (χ1) is 8.67. The van der Waals surface area contributed by atoms with E-state index in [0.717, 1.165) is 5.02 Å². The molecular formula is C16H26ClN. The Bertz CT molecular complexity index is 320. The molecule has 0 aromatic heterocycles. The van der Waals surface area contributed by atoms with Crippen molar-refractivity contribution in [2.24, 2.45) is 0 Å². The van der Waals surface area contributed by atoms with Crippen LogP contribution in [-0.2, 0) is 0 Å². The molecule has 2 atom stereocenters. The molecule has 2 unspecified atom stereocenters. The van der Waals surface area contributed by atoms with E-state index in [2.05, 4.69) is 38.2 Å². The summed E-state index contributed by atoms with van der Waals surface area (Å²) in [6.45, 7) is 6.77. The van der Waals surface area contributed by atoms with Gasteiger partial charge >= 0.3 is 0 Å². The van der Waals surface area contributed by atoms with Crippen LogP contribution >= 0.6 is 11.6 Å². The monoisotopic (exact) mass is 267 g/mol. The summed E-state index contributed by atoms with van der Waals surface area (Å²) >= 11 is 5.95. The second-order valence-electron chi connectivity index (χ2n) is 5.10. The molecule has 0 fully saturated rings. The third-order valence-corrected chi connectivity index (χ3v) is 3.58. The van der Waals surface area contributed by atoms with Crippen LogP contribution in [0.3, 0.4) is 0 Å². The predicted molar refractivity (Wildman–Crippen MR) is 81.2 cm³/mol. The molecule has 0 aliphatic heterocycles. The number of rotatable bonds is 8. The lowest BCUT2D eigenvalue weighted by Crippen LogP contribution is -2.30. The normalized spacial score (nSPS) is 14.4. The first kappa shape index (κ1) is 15.5. The molecule has 1 aromatic carbocycles. The number of nitrogens with one attached hydrogen (secondary N) is 1. The van der Waals surface area contributed by atoms with E-state index in [1.165, 1.54) is 37.7 Å². The lowest BCUT2D eigenvalue weighted by molar-refractivity contribution is 0.407. The molecule has 102 valence electrons. The third-order valence-electron chi connectivity index (χ3n) is 3.33. The van der Waals surface area contributed by atoms with E-state index in [4.69, 9.17) is 11.6 Å². The smallest absolute Gasteiger partial charge is 0.0406 e. The molecule has 1 rings (SSSR count). The highest BCUT2D eigenvalue weighted by Gasteiger charge is 2.13. The van der Waals surface area contributed by atoms with E-state index in [9.17, 15) is 0 Å². The Morgan fingerprint density at radius 2 is 1.72 bits per heavy atom. The predicted octanol–water partition coefficient (Wildman–Crippen LogP) is 5.35. The Hall–Kier alpha value is -0.530. The van der Waals surface area contributed by atoms with Crippen molar-refractivity contribution in [2.75, 3.05) is 0 Å². The van der Waals surface area contributed by atoms with Gasteiger partial charge in [-0.15, -0.1) is 0 Å². The van der Waals surface area contributed by atoms with Crippen molar-refractivity contribution < 1.29 is 0 Å². The van der Waals surface area contributed by atoms with Crippen molar-refractivity contribution >= 4 is 11.6 Å². The standard InChI is InChI=1S/C16H26ClN/c1-4-6-8-13(3)18-16(7-5-2)14-9-11-15(17)12-10-14/h9-13,16,18H,4-8H2,1-3H3. The van der Waals surface area contributed by atoms with Crippen LogP contribution in [0.4, 0.5) is 0 Å². The number of hydrogen-bond acceptors (Lipinski definition) is 1. The Balaban J connectivity index is 2.61. The Labute approximate surface area is 117 Å².